The molecule has 1 heterocycles. The first-order chi connectivity index (χ1) is 9.56. The second-order valence-electron chi connectivity index (χ2n) is 6.30. The molecule has 0 aromatic rings. The number of hydrogen-bond donors (Lipinski definition) is 3. The molecule has 4 unspecified atom stereocenters. The van der Waals surface area contributed by atoms with Crippen molar-refractivity contribution in [3.63, 3.8) is 0 Å². The van der Waals surface area contributed by atoms with E-state index in [1.165, 1.54) is 25.7 Å². The van der Waals surface area contributed by atoms with Gasteiger partial charge in [0.15, 0.2) is 0 Å². The zero-order valence-electron chi connectivity index (χ0n) is 12.2. The third-order valence-corrected chi connectivity index (χ3v) is 4.60. The summed E-state index contributed by atoms with van der Waals surface area (Å²) in [5.74, 6) is -0.0193. The highest BCUT2D eigenvalue weighted by atomic mass is 16.4. The molecule has 3 N–H and O–H groups in total. The van der Waals surface area contributed by atoms with Gasteiger partial charge in [0.1, 0.15) is 0 Å². The molecule has 0 radical (unpaired) electrons. The standard InChI is InChI=1S/C15H26N2O3/c1-10(5-4-8-14(18)19)16-15(20)13-9-11-6-2-3-7-12(11)17-13/h10-13,17H,2-9H2,1H3,(H,16,20)(H,18,19). The lowest BCUT2D eigenvalue weighted by molar-refractivity contribution is -0.137. The fraction of sp³-hybridized carbons (Fsp3) is 0.867. The van der Waals surface area contributed by atoms with Crippen LogP contribution in [0.2, 0.25) is 0 Å². The summed E-state index contributed by atoms with van der Waals surface area (Å²) in [5.41, 5.74) is 0. The van der Waals surface area contributed by atoms with E-state index in [0.717, 1.165) is 12.8 Å². The number of fused-ring (bicyclic) bond motifs is 1. The maximum atomic E-state index is 12.2. The van der Waals surface area contributed by atoms with Crippen LogP contribution in [-0.4, -0.2) is 35.1 Å². The van der Waals surface area contributed by atoms with Gasteiger partial charge in [0.05, 0.1) is 6.04 Å². The summed E-state index contributed by atoms with van der Waals surface area (Å²) >= 11 is 0. The number of amides is 1. The van der Waals surface area contributed by atoms with Crippen molar-refractivity contribution in [3.05, 3.63) is 0 Å². The Labute approximate surface area is 120 Å². The van der Waals surface area contributed by atoms with Crippen LogP contribution in [0, 0.1) is 5.92 Å². The Bertz CT molecular complexity index is 345. The Balaban J connectivity index is 1.70. The average molecular weight is 282 g/mol. The molecular formula is C15H26N2O3. The van der Waals surface area contributed by atoms with E-state index in [1.807, 2.05) is 6.92 Å². The van der Waals surface area contributed by atoms with Crippen LogP contribution in [0.15, 0.2) is 0 Å². The number of carboxylic acid groups (broad SMARTS) is 1. The van der Waals surface area contributed by atoms with Crippen LogP contribution in [-0.2, 0) is 9.59 Å². The van der Waals surface area contributed by atoms with Gasteiger partial charge in [0.2, 0.25) is 5.91 Å². The number of hydrogen-bond acceptors (Lipinski definition) is 3. The van der Waals surface area contributed by atoms with Gasteiger partial charge in [0, 0.05) is 18.5 Å². The van der Waals surface area contributed by atoms with Crippen molar-refractivity contribution < 1.29 is 14.7 Å². The van der Waals surface area contributed by atoms with E-state index < -0.39 is 5.97 Å². The molecule has 114 valence electrons. The highest BCUT2D eigenvalue weighted by Crippen LogP contribution is 2.33. The van der Waals surface area contributed by atoms with Gasteiger partial charge < -0.3 is 15.7 Å². The van der Waals surface area contributed by atoms with Gasteiger partial charge in [-0.05, 0) is 44.9 Å². The molecule has 0 spiro atoms. The summed E-state index contributed by atoms with van der Waals surface area (Å²) in [6, 6.07) is 0.526. The Morgan fingerprint density at radius 3 is 2.80 bits per heavy atom. The van der Waals surface area contributed by atoms with Gasteiger partial charge in [-0.25, -0.2) is 0 Å². The number of carbonyl (C=O) groups is 2. The second kappa shape index (κ2) is 7.07. The molecule has 0 bridgehead atoms. The summed E-state index contributed by atoms with van der Waals surface area (Å²) in [7, 11) is 0. The van der Waals surface area contributed by atoms with Crippen LogP contribution in [0.25, 0.3) is 0 Å². The molecule has 1 aliphatic heterocycles. The predicted octanol–water partition coefficient (Wildman–Crippen LogP) is 1.67. The van der Waals surface area contributed by atoms with Gasteiger partial charge >= 0.3 is 5.97 Å². The average Bonchev–Trinajstić information content (AvgIpc) is 2.82. The largest absolute Gasteiger partial charge is 0.481 e. The van der Waals surface area contributed by atoms with Gasteiger partial charge in [-0.1, -0.05) is 12.8 Å². The molecular weight excluding hydrogens is 256 g/mol. The summed E-state index contributed by atoms with van der Waals surface area (Å²) in [4.78, 5) is 22.7. The molecule has 20 heavy (non-hydrogen) atoms. The van der Waals surface area contributed by atoms with Crippen molar-refractivity contribution in [1.29, 1.82) is 0 Å². The van der Waals surface area contributed by atoms with Crippen LogP contribution >= 0.6 is 0 Å². The lowest BCUT2D eigenvalue weighted by Crippen LogP contribution is -2.46. The maximum absolute atomic E-state index is 12.2. The summed E-state index contributed by atoms with van der Waals surface area (Å²) in [6.07, 6.45) is 7.47. The van der Waals surface area contributed by atoms with Crippen LogP contribution < -0.4 is 10.6 Å². The second-order valence-corrected chi connectivity index (χ2v) is 6.30. The quantitative estimate of drug-likeness (QED) is 0.692. The Morgan fingerprint density at radius 2 is 2.10 bits per heavy atom. The van der Waals surface area contributed by atoms with E-state index in [-0.39, 0.29) is 24.4 Å². The van der Waals surface area contributed by atoms with E-state index in [9.17, 15) is 9.59 Å². The number of aliphatic carboxylic acids is 1. The molecule has 4 atom stereocenters. The fourth-order valence-electron chi connectivity index (χ4n) is 3.50. The number of carbonyl (C=O) groups excluding carboxylic acids is 1. The van der Waals surface area contributed by atoms with Crippen LogP contribution in [0.5, 0.6) is 0 Å². The molecule has 5 heteroatoms. The molecule has 0 aromatic carbocycles. The van der Waals surface area contributed by atoms with Crippen molar-refractivity contribution in [3.8, 4) is 0 Å². The lowest BCUT2D eigenvalue weighted by Gasteiger charge is -2.24. The minimum atomic E-state index is -0.773. The van der Waals surface area contributed by atoms with Crippen LogP contribution in [0.4, 0.5) is 0 Å². The van der Waals surface area contributed by atoms with Gasteiger partial charge in [-0.3, -0.25) is 9.59 Å². The molecule has 5 nitrogen and oxygen atoms in total. The monoisotopic (exact) mass is 282 g/mol. The third kappa shape index (κ3) is 4.20. The fourth-order valence-corrected chi connectivity index (χ4v) is 3.50. The van der Waals surface area contributed by atoms with Crippen molar-refractivity contribution in [2.75, 3.05) is 0 Å². The van der Waals surface area contributed by atoms with E-state index in [4.69, 9.17) is 5.11 Å². The van der Waals surface area contributed by atoms with Crippen molar-refractivity contribution in [2.45, 2.75) is 76.4 Å². The Kier molecular flexibility index (Phi) is 5.40. The first-order valence-corrected chi connectivity index (χ1v) is 7.84. The first kappa shape index (κ1) is 15.3. The van der Waals surface area contributed by atoms with Gasteiger partial charge in [-0.15, -0.1) is 0 Å². The van der Waals surface area contributed by atoms with E-state index in [0.29, 0.717) is 18.4 Å². The highest BCUT2D eigenvalue weighted by molar-refractivity contribution is 5.82. The molecule has 2 aliphatic rings. The SMILES string of the molecule is CC(CCCC(=O)O)NC(=O)C1CC2CCCCC2N1. The lowest BCUT2D eigenvalue weighted by atomic mass is 9.85. The zero-order chi connectivity index (χ0) is 14.5. The van der Waals surface area contributed by atoms with Crippen molar-refractivity contribution >= 4 is 11.9 Å². The summed E-state index contributed by atoms with van der Waals surface area (Å²) in [6.45, 7) is 1.95. The van der Waals surface area contributed by atoms with Gasteiger partial charge in [0.25, 0.3) is 0 Å². The molecule has 0 aromatic heterocycles. The number of carboxylic acids is 1. The molecule has 1 saturated heterocycles. The molecule has 1 amide bonds. The topological polar surface area (TPSA) is 78.4 Å². The molecule has 1 aliphatic carbocycles. The maximum Gasteiger partial charge on any atom is 0.303 e. The third-order valence-electron chi connectivity index (χ3n) is 4.60. The Hall–Kier alpha value is -1.10. The van der Waals surface area contributed by atoms with Crippen LogP contribution in [0.3, 0.4) is 0 Å². The van der Waals surface area contributed by atoms with E-state index >= 15 is 0 Å². The zero-order valence-corrected chi connectivity index (χ0v) is 12.2. The minimum absolute atomic E-state index is 0.0475. The summed E-state index contributed by atoms with van der Waals surface area (Å²) < 4.78 is 0. The first-order valence-electron chi connectivity index (χ1n) is 7.84. The predicted molar refractivity (Wildman–Crippen MR) is 76.4 cm³/mol. The van der Waals surface area contributed by atoms with Gasteiger partial charge in [-0.2, -0.15) is 0 Å². The van der Waals surface area contributed by atoms with Crippen molar-refractivity contribution in [2.24, 2.45) is 5.92 Å². The molecule has 2 rings (SSSR count). The smallest absolute Gasteiger partial charge is 0.303 e. The minimum Gasteiger partial charge on any atom is -0.481 e. The molecule has 2 fully saturated rings. The van der Waals surface area contributed by atoms with Crippen molar-refractivity contribution in [1.82, 2.24) is 10.6 Å². The molecule has 1 saturated carbocycles. The van der Waals surface area contributed by atoms with Crippen LogP contribution in [0.1, 0.15) is 58.3 Å². The normalized spacial score (nSPS) is 30.6. The number of nitrogens with one attached hydrogen (secondary N) is 2. The number of rotatable bonds is 6. The van der Waals surface area contributed by atoms with E-state index in [1.54, 1.807) is 0 Å². The highest BCUT2D eigenvalue weighted by Gasteiger charge is 2.38. The van der Waals surface area contributed by atoms with E-state index in [2.05, 4.69) is 10.6 Å². The summed E-state index contributed by atoms with van der Waals surface area (Å²) in [5, 5.41) is 15.1. The Morgan fingerprint density at radius 1 is 1.35 bits per heavy atom.